The largest absolute Gasteiger partial charge is 0.400 e. The predicted octanol–water partition coefficient (Wildman–Crippen LogP) is 6.25. The summed E-state index contributed by atoms with van der Waals surface area (Å²) in [4.78, 5) is 54.6. The van der Waals surface area contributed by atoms with Crippen LogP contribution in [0.25, 0.3) is 0 Å². The molecule has 1 aromatic carbocycles. The first-order chi connectivity index (χ1) is 31.0. The van der Waals surface area contributed by atoms with Crippen LogP contribution in [0.1, 0.15) is 139 Å². The van der Waals surface area contributed by atoms with E-state index >= 15 is 0 Å². The minimum absolute atomic E-state index is 0.0118. The number of aldehydes is 1. The molecule has 3 rings (SSSR count). The third-order valence-corrected chi connectivity index (χ3v) is 12.6. The first kappa shape index (κ1) is 59.3. The third kappa shape index (κ3) is 19.6. The molecule has 2 heterocycles. The molecule has 2 aliphatic rings. The van der Waals surface area contributed by atoms with Gasteiger partial charge in [0.25, 0.3) is 0 Å². The number of aliphatic hydroxyl groups is 2. The van der Waals surface area contributed by atoms with E-state index in [0.29, 0.717) is 25.4 Å². The third-order valence-electron chi connectivity index (χ3n) is 12.6. The number of benzene rings is 1. The number of carbonyl (C=O) groups is 4. The number of likely N-dealkylation sites (tertiary alicyclic amines) is 1. The molecule has 1 saturated heterocycles. The van der Waals surface area contributed by atoms with Gasteiger partial charge in [0.2, 0.25) is 17.7 Å². The van der Waals surface area contributed by atoms with Gasteiger partial charge >= 0.3 is 0 Å². The average molecular weight is 914 g/mol. The van der Waals surface area contributed by atoms with Gasteiger partial charge in [-0.15, -0.1) is 0 Å². The van der Waals surface area contributed by atoms with E-state index in [1.54, 1.807) is 7.11 Å². The second-order valence-electron chi connectivity index (χ2n) is 18.8. The highest BCUT2D eigenvalue weighted by molar-refractivity contribution is 5.90. The number of aliphatic hydroxyl groups excluding tert-OH is 2. The lowest BCUT2D eigenvalue weighted by Gasteiger charge is -2.33. The van der Waals surface area contributed by atoms with E-state index in [0.717, 1.165) is 76.9 Å². The molecule has 1 aromatic rings. The van der Waals surface area contributed by atoms with E-state index in [9.17, 15) is 24.3 Å². The summed E-state index contributed by atoms with van der Waals surface area (Å²) in [7, 11) is 8.30. The molecule has 0 saturated carbocycles. The summed E-state index contributed by atoms with van der Waals surface area (Å²) in [6.07, 6.45) is 9.96. The maximum Gasteiger partial charge on any atom is 0.243 e. The van der Waals surface area contributed by atoms with Crippen molar-refractivity contribution in [2.24, 2.45) is 28.8 Å². The molecule has 9 unspecified atom stereocenters. The van der Waals surface area contributed by atoms with E-state index in [1.165, 1.54) is 16.8 Å². The second-order valence-corrected chi connectivity index (χ2v) is 18.8. The van der Waals surface area contributed by atoms with Gasteiger partial charge < -0.3 is 40.6 Å². The van der Waals surface area contributed by atoms with Gasteiger partial charge in [-0.2, -0.15) is 5.10 Å². The topological polar surface area (TPSA) is 185 Å². The van der Waals surface area contributed by atoms with Crippen molar-refractivity contribution < 1.29 is 34.1 Å². The highest BCUT2D eigenvalue weighted by Crippen LogP contribution is 2.31. The number of likely N-dealkylation sites (N-methyl/N-ethyl adjacent to an activating group) is 2. The number of nitrogens with zero attached hydrogens (tertiary/aromatic N) is 3. The quantitative estimate of drug-likeness (QED) is 0.0582. The zero-order valence-electron chi connectivity index (χ0n) is 42.8. The highest BCUT2D eigenvalue weighted by Gasteiger charge is 2.36. The number of rotatable bonds is 26. The molecule has 14 heteroatoms. The number of hydrogen-bond acceptors (Lipinski definition) is 11. The molecule has 6 N–H and O–H groups in total. The fourth-order valence-corrected chi connectivity index (χ4v) is 9.30. The van der Waals surface area contributed by atoms with Gasteiger partial charge in [0.15, 0.2) is 0 Å². The standard InChI is InChI=1S/C28H52N4O5.C22H35N3O.CH4O/c1-10-12-22(23(37-9)16-24(34)32-14-11-13-21(32)15-20(6)17-33)29-27(35)25(18(2)3)30-28(36)26(19(4)5)31(7)8;1-5-10-19-20(25-24-16(3)22(19)21(26)11-6-2)15-18(23-4)14-17-12-8-7-9-13-17;1-2/h17-23,25-26H,10-16H2,1-9H3,(H,29,35)(H,30,36);7-9,12-13,18,21-23,25-26H,5-6,10-11,14-15H2,1-4H3;2H,1H3. The second kappa shape index (κ2) is 32.1. The summed E-state index contributed by atoms with van der Waals surface area (Å²) in [5.41, 5.74) is 8.17. The Labute approximate surface area is 393 Å². The molecule has 9 atom stereocenters. The van der Waals surface area contributed by atoms with Crippen molar-refractivity contribution in [1.29, 1.82) is 0 Å². The molecular weight excluding hydrogens is 823 g/mol. The van der Waals surface area contributed by atoms with E-state index in [-0.39, 0.29) is 72.0 Å². The molecule has 0 radical (unpaired) electrons. The Bertz CT molecular complexity index is 1580. The van der Waals surface area contributed by atoms with Crippen LogP contribution in [0.2, 0.25) is 0 Å². The molecule has 14 nitrogen and oxygen atoms in total. The first-order valence-corrected chi connectivity index (χ1v) is 24.4. The minimum atomic E-state index is -0.700. The molecule has 0 spiro atoms. The predicted molar refractivity (Wildman–Crippen MR) is 264 cm³/mol. The number of carbonyl (C=O) groups excluding carboxylic acids is 4. The lowest BCUT2D eigenvalue weighted by atomic mass is 9.81. The van der Waals surface area contributed by atoms with Gasteiger partial charge in [-0.25, -0.2) is 0 Å². The van der Waals surface area contributed by atoms with Crippen LogP contribution in [0.3, 0.4) is 0 Å². The van der Waals surface area contributed by atoms with Crippen LogP contribution >= 0.6 is 0 Å². The first-order valence-electron chi connectivity index (χ1n) is 24.4. The normalized spacial score (nSPS) is 19.4. The van der Waals surface area contributed by atoms with Crippen molar-refractivity contribution in [3.63, 3.8) is 0 Å². The van der Waals surface area contributed by atoms with E-state index < -0.39 is 12.1 Å². The summed E-state index contributed by atoms with van der Waals surface area (Å²) < 4.78 is 5.74. The summed E-state index contributed by atoms with van der Waals surface area (Å²) >= 11 is 0. The smallest absolute Gasteiger partial charge is 0.243 e. The number of hydrazone groups is 1. The van der Waals surface area contributed by atoms with Crippen LogP contribution in [0.4, 0.5) is 0 Å². The summed E-state index contributed by atoms with van der Waals surface area (Å²) in [6, 6.07) is 9.58. The fourth-order valence-electron chi connectivity index (χ4n) is 9.30. The van der Waals surface area contributed by atoms with Gasteiger partial charge in [-0.05, 0) is 96.0 Å². The van der Waals surface area contributed by atoms with Crippen molar-refractivity contribution >= 4 is 29.7 Å². The Morgan fingerprint density at radius 2 is 1.60 bits per heavy atom. The molecule has 1 fully saturated rings. The maximum atomic E-state index is 13.4. The Balaban J connectivity index is 0.000000660. The van der Waals surface area contributed by atoms with Gasteiger partial charge in [-0.3, -0.25) is 24.7 Å². The van der Waals surface area contributed by atoms with Gasteiger partial charge in [0, 0.05) is 62.5 Å². The zero-order chi connectivity index (χ0) is 49.2. The van der Waals surface area contributed by atoms with Gasteiger partial charge in [0.05, 0.1) is 30.7 Å². The molecule has 0 aliphatic carbocycles. The number of nitrogens with one attached hydrogen (secondary N) is 4. The van der Waals surface area contributed by atoms with Crippen LogP contribution in [0.5, 0.6) is 0 Å². The monoisotopic (exact) mass is 914 g/mol. The Morgan fingerprint density at radius 1 is 0.954 bits per heavy atom. The summed E-state index contributed by atoms with van der Waals surface area (Å²) in [6.45, 7) is 18.7. The van der Waals surface area contributed by atoms with Crippen molar-refractivity contribution in [1.82, 2.24) is 31.2 Å². The highest BCUT2D eigenvalue weighted by atomic mass is 16.5. The number of methoxy groups -OCH3 is 1. The molecule has 65 heavy (non-hydrogen) atoms. The van der Waals surface area contributed by atoms with Gasteiger partial charge in [-0.1, -0.05) is 105 Å². The molecule has 0 bridgehead atoms. The van der Waals surface area contributed by atoms with Crippen LogP contribution in [-0.4, -0.2) is 134 Å². The maximum absolute atomic E-state index is 13.4. The average Bonchev–Trinajstić information content (AvgIpc) is 3.74. The number of amides is 3. The Kier molecular flexibility index (Phi) is 29.3. The van der Waals surface area contributed by atoms with Crippen molar-refractivity contribution in [2.45, 2.75) is 182 Å². The van der Waals surface area contributed by atoms with E-state index in [1.807, 2.05) is 79.4 Å². The fraction of sp³-hybridized carbons (Fsp3) is 0.745. The van der Waals surface area contributed by atoms with Crippen molar-refractivity contribution in [3.8, 4) is 0 Å². The Hall–Kier alpha value is -3.69. The van der Waals surface area contributed by atoms with Crippen molar-refractivity contribution in [3.05, 3.63) is 47.2 Å². The van der Waals surface area contributed by atoms with E-state index in [2.05, 4.69) is 70.7 Å². The molecular formula is C51H91N7O7. The van der Waals surface area contributed by atoms with Crippen LogP contribution in [0.15, 0.2) is 46.7 Å². The number of hydrogen-bond donors (Lipinski definition) is 6. The molecule has 372 valence electrons. The van der Waals surface area contributed by atoms with E-state index in [4.69, 9.17) is 9.84 Å². The van der Waals surface area contributed by atoms with Crippen molar-refractivity contribution in [2.75, 3.05) is 41.9 Å². The van der Waals surface area contributed by atoms with Crippen LogP contribution in [0, 0.1) is 23.7 Å². The van der Waals surface area contributed by atoms with Crippen LogP contribution < -0.4 is 21.4 Å². The summed E-state index contributed by atoms with van der Waals surface area (Å²) in [5, 5.41) is 31.8. The van der Waals surface area contributed by atoms with Crippen LogP contribution in [-0.2, 0) is 30.3 Å². The Morgan fingerprint density at radius 3 is 2.12 bits per heavy atom. The molecule has 3 amide bonds. The van der Waals surface area contributed by atoms with Gasteiger partial charge in [0.1, 0.15) is 12.3 Å². The molecule has 0 aromatic heterocycles. The lowest BCUT2D eigenvalue weighted by Crippen LogP contribution is -2.58. The minimum Gasteiger partial charge on any atom is -0.400 e. The molecule has 2 aliphatic heterocycles. The summed E-state index contributed by atoms with van der Waals surface area (Å²) in [5.74, 6) is -0.515. The number of ether oxygens (including phenoxy) is 1. The SMILES string of the molecule is CCCC(NC(=O)C(NC(=O)C(C(C)C)N(C)C)C(C)C)C(CC(=O)N1CCCC1CC(C)C=O)OC.CCCC1=C(CC(Cc2ccccc2)NC)NN=C(C)C1C(O)CCC.CO. The zero-order valence-corrected chi connectivity index (χ0v) is 42.8. The lowest BCUT2D eigenvalue weighted by molar-refractivity contribution is -0.137.